The standard InChI is InChI=1S/C13H13F2N3/c1-8-4-9(11(15)5-10(8)14)12-6-17-13-7-16-2-3-18(12)13/h4-6,16H,2-3,7H2,1H3. The monoisotopic (exact) mass is 249 g/mol. The van der Waals surface area contributed by atoms with Gasteiger partial charge in [0, 0.05) is 24.7 Å². The van der Waals surface area contributed by atoms with Gasteiger partial charge in [0.05, 0.1) is 18.4 Å². The molecule has 0 unspecified atom stereocenters. The topological polar surface area (TPSA) is 29.9 Å². The lowest BCUT2D eigenvalue weighted by atomic mass is 10.1. The van der Waals surface area contributed by atoms with E-state index in [4.69, 9.17) is 0 Å². The molecule has 2 heterocycles. The van der Waals surface area contributed by atoms with Gasteiger partial charge in [-0.15, -0.1) is 0 Å². The van der Waals surface area contributed by atoms with E-state index >= 15 is 0 Å². The zero-order chi connectivity index (χ0) is 12.7. The van der Waals surface area contributed by atoms with E-state index in [9.17, 15) is 8.78 Å². The third-order valence-corrected chi connectivity index (χ3v) is 3.26. The van der Waals surface area contributed by atoms with Gasteiger partial charge >= 0.3 is 0 Å². The van der Waals surface area contributed by atoms with Gasteiger partial charge in [-0.2, -0.15) is 0 Å². The van der Waals surface area contributed by atoms with Crippen molar-refractivity contribution in [2.45, 2.75) is 20.0 Å². The maximum absolute atomic E-state index is 13.9. The molecule has 0 saturated heterocycles. The Hall–Kier alpha value is -1.75. The fraction of sp³-hybridized carbons (Fsp3) is 0.308. The number of nitrogens with zero attached hydrogens (tertiary/aromatic N) is 2. The maximum atomic E-state index is 13.9. The lowest BCUT2D eigenvalue weighted by Crippen LogP contribution is -2.28. The summed E-state index contributed by atoms with van der Waals surface area (Å²) in [5.41, 5.74) is 1.57. The summed E-state index contributed by atoms with van der Waals surface area (Å²) in [7, 11) is 0. The highest BCUT2D eigenvalue weighted by atomic mass is 19.1. The van der Waals surface area contributed by atoms with Crippen LogP contribution in [0.2, 0.25) is 0 Å². The second-order valence-electron chi connectivity index (χ2n) is 4.47. The van der Waals surface area contributed by atoms with Crippen LogP contribution in [0.5, 0.6) is 0 Å². The summed E-state index contributed by atoms with van der Waals surface area (Å²) in [6, 6.07) is 2.47. The van der Waals surface area contributed by atoms with E-state index < -0.39 is 11.6 Å². The van der Waals surface area contributed by atoms with Crippen LogP contribution in [-0.2, 0) is 13.1 Å². The number of aromatic nitrogens is 2. The Morgan fingerprint density at radius 2 is 2.11 bits per heavy atom. The van der Waals surface area contributed by atoms with Gasteiger partial charge in [0.25, 0.3) is 0 Å². The quantitative estimate of drug-likeness (QED) is 0.840. The Bertz CT molecular complexity index is 605. The average Bonchev–Trinajstić information content (AvgIpc) is 2.78. The predicted molar refractivity (Wildman–Crippen MR) is 64.0 cm³/mol. The SMILES string of the molecule is Cc1cc(-c2cnc3n2CCNC3)c(F)cc1F. The molecule has 1 aromatic carbocycles. The molecule has 0 spiro atoms. The van der Waals surface area contributed by atoms with Crippen LogP contribution in [-0.4, -0.2) is 16.1 Å². The number of hydrogen-bond acceptors (Lipinski definition) is 2. The minimum Gasteiger partial charge on any atom is -0.326 e. The predicted octanol–water partition coefficient (Wildman–Crippen LogP) is 2.24. The molecule has 0 fully saturated rings. The first-order valence-corrected chi connectivity index (χ1v) is 5.88. The summed E-state index contributed by atoms with van der Waals surface area (Å²) >= 11 is 0. The lowest BCUT2D eigenvalue weighted by Gasteiger charge is -2.18. The van der Waals surface area contributed by atoms with E-state index in [0.29, 0.717) is 23.4 Å². The van der Waals surface area contributed by atoms with Gasteiger partial charge in [0.2, 0.25) is 0 Å². The summed E-state index contributed by atoms with van der Waals surface area (Å²) < 4.78 is 29.1. The van der Waals surface area contributed by atoms with Crippen molar-refractivity contribution >= 4 is 0 Å². The van der Waals surface area contributed by atoms with Gasteiger partial charge in [-0.25, -0.2) is 13.8 Å². The summed E-state index contributed by atoms with van der Waals surface area (Å²) in [5, 5.41) is 3.20. The summed E-state index contributed by atoms with van der Waals surface area (Å²) in [6.45, 7) is 3.90. The molecule has 1 aromatic heterocycles. The number of imidazole rings is 1. The van der Waals surface area contributed by atoms with Crippen molar-refractivity contribution in [3.05, 3.63) is 41.4 Å². The molecule has 0 saturated carbocycles. The second kappa shape index (κ2) is 4.17. The van der Waals surface area contributed by atoms with Gasteiger partial charge < -0.3 is 9.88 Å². The third-order valence-electron chi connectivity index (χ3n) is 3.26. The highest BCUT2D eigenvalue weighted by Gasteiger charge is 2.18. The molecular weight excluding hydrogens is 236 g/mol. The Morgan fingerprint density at radius 1 is 1.28 bits per heavy atom. The molecular formula is C13H13F2N3. The van der Waals surface area contributed by atoms with E-state index in [1.165, 1.54) is 6.07 Å². The zero-order valence-electron chi connectivity index (χ0n) is 10.0. The molecule has 1 aliphatic heterocycles. The maximum Gasteiger partial charge on any atom is 0.135 e. The van der Waals surface area contributed by atoms with E-state index in [0.717, 1.165) is 25.0 Å². The van der Waals surface area contributed by atoms with E-state index in [-0.39, 0.29) is 0 Å². The normalized spacial score (nSPS) is 14.6. The first-order valence-electron chi connectivity index (χ1n) is 5.88. The molecule has 0 bridgehead atoms. The van der Waals surface area contributed by atoms with Crippen molar-refractivity contribution < 1.29 is 8.78 Å². The average molecular weight is 249 g/mol. The molecule has 5 heteroatoms. The van der Waals surface area contributed by atoms with Crippen molar-refractivity contribution in [1.29, 1.82) is 0 Å². The van der Waals surface area contributed by atoms with Crippen LogP contribution in [0.25, 0.3) is 11.3 Å². The van der Waals surface area contributed by atoms with E-state index in [1.807, 2.05) is 4.57 Å². The summed E-state index contributed by atoms with van der Waals surface area (Å²) in [6.07, 6.45) is 1.65. The number of nitrogens with one attached hydrogen (secondary N) is 1. The van der Waals surface area contributed by atoms with Gasteiger partial charge in [-0.05, 0) is 18.6 Å². The molecule has 3 rings (SSSR count). The van der Waals surface area contributed by atoms with Crippen LogP contribution < -0.4 is 5.32 Å². The summed E-state index contributed by atoms with van der Waals surface area (Å²) in [5.74, 6) is -0.173. The first kappa shape index (κ1) is 11.3. The number of aryl methyl sites for hydroxylation is 1. The number of rotatable bonds is 1. The van der Waals surface area contributed by atoms with Crippen LogP contribution in [0.1, 0.15) is 11.4 Å². The Labute approximate surface area is 103 Å². The summed E-state index contributed by atoms with van der Waals surface area (Å²) in [4.78, 5) is 4.27. The number of hydrogen-bond donors (Lipinski definition) is 1. The Balaban J connectivity index is 2.15. The highest BCUT2D eigenvalue weighted by molar-refractivity contribution is 5.61. The molecule has 0 radical (unpaired) electrons. The molecule has 0 aliphatic carbocycles. The minimum atomic E-state index is -0.542. The molecule has 0 atom stereocenters. The Morgan fingerprint density at radius 3 is 2.94 bits per heavy atom. The van der Waals surface area contributed by atoms with Gasteiger partial charge in [0.1, 0.15) is 17.5 Å². The fourth-order valence-electron chi connectivity index (χ4n) is 2.26. The second-order valence-corrected chi connectivity index (χ2v) is 4.47. The molecule has 0 amide bonds. The van der Waals surface area contributed by atoms with Crippen LogP contribution in [0.3, 0.4) is 0 Å². The van der Waals surface area contributed by atoms with Crippen LogP contribution in [0.15, 0.2) is 18.3 Å². The lowest BCUT2D eigenvalue weighted by molar-refractivity contribution is 0.507. The van der Waals surface area contributed by atoms with Gasteiger partial charge in [0.15, 0.2) is 0 Å². The third kappa shape index (κ3) is 1.71. The molecule has 1 N–H and O–H groups in total. The smallest absolute Gasteiger partial charge is 0.135 e. The molecule has 3 nitrogen and oxygen atoms in total. The van der Waals surface area contributed by atoms with Crippen LogP contribution in [0.4, 0.5) is 8.78 Å². The first-order chi connectivity index (χ1) is 8.66. The molecule has 18 heavy (non-hydrogen) atoms. The van der Waals surface area contributed by atoms with E-state index in [1.54, 1.807) is 13.1 Å². The van der Waals surface area contributed by atoms with Crippen molar-refractivity contribution in [3.63, 3.8) is 0 Å². The number of benzene rings is 1. The minimum absolute atomic E-state index is 0.412. The van der Waals surface area contributed by atoms with Crippen LogP contribution >= 0.6 is 0 Å². The largest absolute Gasteiger partial charge is 0.326 e. The van der Waals surface area contributed by atoms with E-state index in [2.05, 4.69) is 10.3 Å². The molecule has 94 valence electrons. The zero-order valence-corrected chi connectivity index (χ0v) is 10.0. The van der Waals surface area contributed by atoms with Crippen molar-refractivity contribution in [2.75, 3.05) is 6.54 Å². The highest BCUT2D eigenvalue weighted by Crippen LogP contribution is 2.27. The van der Waals surface area contributed by atoms with Crippen molar-refractivity contribution in [1.82, 2.24) is 14.9 Å². The van der Waals surface area contributed by atoms with Crippen molar-refractivity contribution in [2.24, 2.45) is 0 Å². The molecule has 1 aliphatic rings. The number of halogens is 2. The number of fused-ring (bicyclic) bond motifs is 1. The Kier molecular flexibility index (Phi) is 2.63. The molecule has 2 aromatic rings. The van der Waals surface area contributed by atoms with Gasteiger partial charge in [-0.3, -0.25) is 0 Å². The van der Waals surface area contributed by atoms with Gasteiger partial charge in [-0.1, -0.05) is 0 Å². The van der Waals surface area contributed by atoms with Crippen LogP contribution in [0, 0.1) is 18.6 Å². The van der Waals surface area contributed by atoms with Crippen molar-refractivity contribution in [3.8, 4) is 11.3 Å². The fourth-order valence-corrected chi connectivity index (χ4v) is 2.26.